The molecule has 0 spiro atoms. The zero-order chi connectivity index (χ0) is 21.1. The quantitative estimate of drug-likeness (QED) is 0.416. The van der Waals surface area contributed by atoms with E-state index in [-0.39, 0.29) is 52.6 Å². The molecule has 2 aromatic carbocycles. The zero-order valence-electron chi connectivity index (χ0n) is 15.4. The minimum absolute atomic E-state index is 0.0305. The Bertz CT molecular complexity index is 1080. The zero-order valence-corrected chi connectivity index (χ0v) is 15.4. The van der Waals surface area contributed by atoms with Crippen molar-refractivity contribution >= 4 is 39.5 Å². The van der Waals surface area contributed by atoms with Crippen LogP contribution in [-0.4, -0.2) is 52.6 Å². The number of nitrogens with one attached hydrogen (secondary N) is 1. The molecule has 2 N–H and O–H groups in total. The number of anilines is 3. The van der Waals surface area contributed by atoms with E-state index in [0.29, 0.717) is 5.75 Å². The Morgan fingerprint density at radius 1 is 1.17 bits per heavy atom. The lowest BCUT2D eigenvalue weighted by Crippen LogP contribution is -2.22. The van der Waals surface area contributed by atoms with Crippen molar-refractivity contribution in [2.24, 2.45) is 0 Å². The maximum absolute atomic E-state index is 11.6. The molecule has 3 aromatic rings. The predicted molar refractivity (Wildman–Crippen MR) is 102 cm³/mol. The van der Waals surface area contributed by atoms with Gasteiger partial charge in [0.15, 0.2) is 5.52 Å². The van der Waals surface area contributed by atoms with Crippen molar-refractivity contribution in [3.8, 4) is 5.75 Å². The average molecular weight is 404 g/mol. The number of hydrogen-bond donors (Lipinski definition) is 2. The first-order chi connectivity index (χ1) is 13.9. The number of nitro groups is 2. The third-order valence-corrected chi connectivity index (χ3v) is 4.19. The normalized spacial score (nSPS) is 10.7. The van der Waals surface area contributed by atoms with Crippen LogP contribution in [0.1, 0.15) is 0 Å². The molecule has 1 aromatic heterocycles. The Kier molecular flexibility index (Phi) is 5.40. The fraction of sp³-hybridized carbons (Fsp3) is 0.250. The van der Waals surface area contributed by atoms with Gasteiger partial charge < -0.3 is 20.1 Å². The number of nitrogens with zero attached hydrogens (tertiary/aromatic N) is 5. The second-order valence-electron chi connectivity index (χ2n) is 5.92. The summed E-state index contributed by atoms with van der Waals surface area (Å²) in [6.07, 6.45) is 0. The molecule has 0 aliphatic heterocycles. The van der Waals surface area contributed by atoms with E-state index < -0.39 is 9.85 Å². The molecule has 0 aliphatic rings. The van der Waals surface area contributed by atoms with E-state index in [4.69, 9.17) is 4.74 Å². The molecule has 0 saturated carbocycles. The summed E-state index contributed by atoms with van der Waals surface area (Å²) in [5.74, 6) is 0.294. The molecule has 13 heteroatoms. The third kappa shape index (κ3) is 3.70. The van der Waals surface area contributed by atoms with Crippen molar-refractivity contribution in [1.29, 1.82) is 0 Å². The highest BCUT2D eigenvalue weighted by atomic mass is 16.6. The number of benzene rings is 2. The number of aliphatic hydroxyl groups is 1. The number of likely N-dealkylation sites (N-methyl/N-ethyl adjacent to an activating group) is 1. The molecule has 13 nitrogen and oxygen atoms in total. The fourth-order valence-corrected chi connectivity index (χ4v) is 2.79. The largest absolute Gasteiger partial charge is 0.496 e. The molecule has 0 saturated heterocycles. The van der Waals surface area contributed by atoms with Crippen molar-refractivity contribution in [3.05, 3.63) is 44.5 Å². The summed E-state index contributed by atoms with van der Waals surface area (Å²) in [5, 5.41) is 42.4. The molecule has 1 heterocycles. The highest BCUT2D eigenvalue weighted by Gasteiger charge is 2.28. The summed E-state index contributed by atoms with van der Waals surface area (Å²) in [6.45, 7) is -0.130. The standard InChI is InChI=1S/C16H16N6O7/c1-20(5-6-23)13-8-11(14-15(19-29-18-14)16(13)22(26)27)17-10-4-3-9(28-2)7-12(10)21(24)25/h3-4,7-8,17,23H,5-6H2,1-2H3. The first-order valence-electron chi connectivity index (χ1n) is 8.22. The van der Waals surface area contributed by atoms with Crippen LogP contribution in [0.2, 0.25) is 0 Å². The molecule has 0 amide bonds. The summed E-state index contributed by atoms with van der Waals surface area (Å²) in [7, 11) is 2.94. The van der Waals surface area contributed by atoms with Gasteiger partial charge in [-0.15, -0.1) is 0 Å². The minimum Gasteiger partial charge on any atom is -0.496 e. The van der Waals surface area contributed by atoms with Crippen molar-refractivity contribution in [1.82, 2.24) is 10.3 Å². The topological polar surface area (TPSA) is 170 Å². The number of hydrogen-bond acceptors (Lipinski definition) is 11. The number of nitro benzene ring substituents is 2. The Morgan fingerprint density at radius 3 is 2.52 bits per heavy atom. The fourth-order valence-electron chi connectivity index (χ4n) is 2.79. The third-order valence-electron chi connectivity index (χ3n) is 4.19. The van der Waals surface area contributed by atoms with Crippen molar-refractivity contribution in [2.75, 3.05) is 37.5 Å². The molecule has 0 atom stereocenters. The Balaban J connectivity index is 2.18. The van der Waals surface area contributed by atoms with Crippen LogP contribution in [0.3, 0.4) is 0 Å². The molecule has 0 aliphatic carbocycles. The van der Waals surface area contributed by atoms with Crippen molar-refractivity contribution < 1.29 is 24.3 Å². The Morgan fingerprint density at radius 2 is 1.90 bits per heavy atom. The van der Waals surface area contributed by atoms with Crippen molar-refractivity contribution in [2.45, 2.75) is 0 Å². The minimum atomic E-state index is -0.630. The van der Waals surface area contributed by atoms with Gasteiger partial charge in [-0.3, -0.25) is 20.2 Å². The number of aromatic nitrogens is 2. The van der Waals surface area contributed by atoms with Crippen LogP contribution in [-0.2, 0) is 0 Å². The van der Waals surface area contributed by atoms with Gasteiger partial charge >= 0.3 is 5.69 Å². The maximum Gasteiger partial charge on any atom is 0.323 e. The van der Waals surface area contributed by atoms with Crippen LogP contribution in [0.4, 0.5) is 28.4 Å². The lowest BCUT2D eigenvalue weighted by atomic mass is 10.1. The predicted octanol–water partition coefficient (Wildman–Crippen LogP) is 2.22. The molecule has 152 valence electrons. The lowest BCUT2D eigenvalue weighted by Gasteiger charge is -2.19. The second-order valence-corrected chi connectivity index (χ2v) is 5.92. The number of methoxy groups -OCH3 is 1. The molecule has 0 fully saturated rings. The highest BCUT2D eigenvalue weighted by molar-refractivity contribution is 6.01. The van der Waals surface area contributed by atoms with Crippen LogP contribution in [0.5, 0.6) is 5.75 Å². The number of ether oxygens (including phenoxy) is 1. The van der Waals surface area contributed by atoms with Gasteiger partial charge in [0, 0.05) is 13.6 Å². The Hall–Kier alpha value is -4.00. The average Bonchev–Trinajstić information content (AvgIpc) is 3.17. The van der Waals surface area contributed by atoms with Gasteiger partial charge in [0.05, 0.1) is 35.3 Å². The van der Waals surface area contributed by atoms with Gasteiger partial charge in [-0.25, -0.2) is 4.63 Å². The summed E-state index contributed by atoms with van der Waals surface area (Å²) < 4.78 is 9.69. The van der Waals surface area contributed by atoms with E-state index in [2.05, 4.69) is 20.3 Å². The number of aliphatic hydroxyl groups excluding tert-OH is 1. The molecule has 0 unspecified atom stereocenters. The Labute approximate surface area is 162 Å². The lowest BCUT2D eigenvalue weighted by molar-refractivity contribution is -0.384. The highest BCUT2D eigenvalue weighted by Crippen LogP contribution is 2.41. The van der Waals surface area contributed by atoms with Crippen LogP contribution < -0.4 is 15.0 Å². The van der Waals surface area contributed by atoms with Gasteiger partial charge in [-0.1, -0.05) is 0 Å². The van der Waals surface area contributed by atoms with E-state index in [1.54, 1.807) is 7.05 Å². The number of rotatable bonds is 8. The summed E-state index contributed by atoms with van der Waals surface area (Å²) in [6, 6.07) is 5.60. The van der Waals surface area contributed by atoms with E-state index in [1.165, 1.54) is 36.3 Å². The van der Waals surface area contributed by atoms with E-state index in [1.807, 2.05) is 0 Å². The van der Waals surface area contributed by atoms with Gasteiger partial charge in [0.2, 0.25) is 5.52 Å². The monoisotopic (exact) mass is 404 g/mol. The van der Waals surface area contributed by atoms with E-state index >= 15 is 0 Å². The van der Waals surface area contributed by atoms with Crippen molar-refractivity contribution in [3.63, 3.8) is 0 Å². The van der Waals surface area contributed by atoms with Gasteiger partial charge in [-0.2, -0.15) is 0 Å². The molecular weight excluding hydrogens is 388 g/mol. The van der Waals surface area contributed by atoms with Gasteiger partial charge in [0.25, 0.3) is 5.69 Å². The molecule has 29 heavy (non-hydrogen) atoms. The molecule has 0 radical (unpaired) electrons. The summed E-state index contributed by atoms with van der Waals surface area (Å²) in [5.41, 5.74) is -0.265. The maximum atomic E-state index is 11.6. The van der Waals surface area contributed by atoms with Crippen LogP contribution >= 0.6 is 0 Å². The van der Waals surface area contributed by atoms with Crippen LogP contribution in [0.15, 0.2) is 28.9 Å². The van der Waals surface area contributed by atoms with E-state index in [9.17, 15) is 25.3 Å². The van der Waals surface area contributed by atoms with Crippen LogP contribution in [0.25, 0.3) is 11.0 Å². The van der Waals surface area contributed by atoms with Gasteiger partial charge in [0.1, 0.15) is 17.1 Å². The SMILES string of the molecule is COc1ccc(Nc2cc(N(C)CCO)c([N+](=O)[O-])c3nonc23)c([N+](=O)[O-])c1. The van der Waals surface area contributed by atoms with Crippen LogP contribution in [0, 0.1) is 20.2 Å². The smallest absolute Gasteiger partial charge is 0.323 e. The molecule has 3 rings (SSSR count). The first-order valence-corrected chi connectivity index (χ1v) is 8.22. The molecule has 0 bridgehead atoms. The van der Waals surface area contributed by atoms with Gasteiger partial charge in [-0.05, 0) is 28.5 Å². The summed E-state index contributed by atoms with van der Waals surface area (Å²) >= 11 is 0. The summed E-state index contributed by atoms with van der Waals surface area (Å²) in [4.78, 5) is 23.3. The first kappa shape index (κ1) is 19.8. The van der Waals surface area contributed by atoms with E-state index in [0.717, 1.165) is 0 Å². The second kappa shape index (κ2) is 7.93. The number of fused-ring (bicyclic) bond motifs is 1. The molecular formula is C16H16N6O7.